The van der Waals surface area contributed by atoms with E-state index < -0.39 is 0 Å². The van der Waals surface area contributed by atoms with Crippen molar-refractivity contribution < 1.29 is 4.79 Å². The number of carbonyl (C=O) groups is 1. The highest BCUT2D eigenvalue weighted by molar-refractivity contribution is 5.75. The lowest BCUT2D eigenvalue weighted by atomic mass is 9.73. The first-order chi connectivity index (χ1) is 7.73. The SMILES string of the molecule is C=C(C1=CCC(C(C)(C)C)CC1)N(C)C(C)=O. The summed E-state index contributed by atoms with van der Waals surface area (Å²) in [4.78, 5) is 12.9. The number of nitrogens with zero attached hydrogens (tertiary/aromatic N) is 1. The Bertz CT molecular complexity index is 346. The smallest absolute Gasteiger partial charge is 0.223 e. The van der Waals surface area contributed by atoms with E-state index in [1.807, 2.05) is 0 Å². The molecule has 1 unspecified atom stereocenters. The third kappa shape index (κ3) is 3.45. The highest BCUT2D eigenvalue weighted by Crippen LogP contribution is 2.38. The van der Waals surface area contributed by atoms with Gasteiger partial charge in [0.15, 0.2) is 0 Å². The molecule has 96 valence electrons. The van der Waals surface area contributed by atoms with Crippen molar-refractivity contribution in [2.45, 2.75) is 47.0 Å². The molecule has 17 heavy (non-hydrogen) atoms. The molecule has 0 aromatic carbocycles. The zero-order valence-corrected chi connectivity index (χ0v) is 11.8. The lowest BCUT2D eigenvalue weighted by Gasteiger charge is -2.34. The fraction of sp³-hybridized carbons (Fsp3) is 0.667. The fourth-order valence-electron chi connectivity index (χ4n) is 2.29. The van der Waals surface area contributed by atoms with Crippen molar-refractivity contribution in [2.75, 3.05) is 7.05 Å². The molecule has 0 heterocycles. The summed E-state index contributed by atoms with van der Waals surface area (Å²) in [7, 11) is 1.79. The number of amides is 1. The predicted molar refractivity (Wildman–Crippen MR) is 72.5 cm³/mol. The lowest BCUT2D eigenvalue weighted by Crippen LogP contribution is -2.26. The summed E-state index contributed by atoms with van der Waals surface area (Å²) in [6, 6.07) is 0. The highest BCUT2D eigenvalue weighted by atomic mass is 16.2. The molecule has 0 bridgehead atoms. The van der Waals surface area contributed by atoms with E-state index in [1.54, 1.807) is 18.9 Å². The molecule has 2 heteroatoms. The maximum atomic E-state index is 11.3. The van der Waals surface area contributed by atoms with Gasteiger partial charge in [0.25, 0.3) is 0 Å². The zero-order valence-electron chi connectivity index (χ0n) is 11.8. The van der Waals surface area contributed by atoms with Gasteiger partial charge in [-0.05, 0) is 36.2 Å². The standard InChI is InChI=1S/C15H25NO/c1-11(16(6)12(2)17)13-7-9-14(10-8-13)15(3,4)5/h7,14H,1,8-10H2,2-6H3. The summed E-state index contributed by atoms with van der Waals surface area (Å²) in [5, 5.41) is 0. The second kappa shape index (κ2) is 5.07. The maximum absolute atomic E-state index is 11.3. The van der Waals surface area contributed by atoms with Crippen LogP contribution in [0.5, 0.6) is 0 Å². The molecule has 2 nitrogen and oxygen atoms in total. The van der Waals surface area contributed by atoms with Crippen LogP contribution in [0.1, 0.15) is 47.0 Å². The third-order valence-electron chi connectivity index (χ3n) is 3.88. The molecule has 0 radical (unpaired) electrons. The van der Waals surface area contributed by atoms with Crippen LogP contribution in [0.4, 0.5) is 0 Å². The topological polar surface area (TPSA) is 20.3 Å². The molecule has 1 atom stereocenters. The second-order valence-electron chi connectivity index (χ2n) is 6.09. The van der Waals surface area contributed by atoms with E-state index in [0.29, 0.717) is 5.41 Å². The Hall–Kier alpha value is -1.05. The van der Waals surface area contributed by atoms with Crippen LogP contribution >= 0.6 is 0 Å². The molecule has 0 saturated carbocycles. The lowest BCUT2D eigenvalue weighted by molar-refractivity contribution is -0.125. The third-order valence-corrected chi connectivity index (χ3v) is 3.88. The number of likely N-dealkylation sites (N-methyl/N-ethyl adjacent to an activating group) is 1. The van der Waals surface area contributed by atoms with Crippen LogP contribution in [0.15, 0.2) is 23.9 Å². The van der Waals surface area contributed by atoms with E-state index in [2.05, 4.69) is 33.4 Å². The van der Waals surface area contributed by atoms with Crippen LogP contribution in [-0.4, -0.2) is 17.9 Å². The molecule has 0 aromatic heterocycles. The van der Waals surface area contributed by atoms with Crippen LogP contribution in [-0.2, 0) is 4.79 Å². The van der Waals surface area contributed by atoms with Crippen LogP contribution < -0.4 is 0 Å². The van der Waals surface area contributed by atoms with E-state index in [9.17, 15) is 4.79 Å². The van der Waals surface area contributed by atoms with Crippen molar-refractivity contribution in [1.29, 1.82) is 0 Å². The summed E-state index contributed by atoms with van der Waals surface area (Å²) in [6.45, 7) is 12.5. The van der Waals surface area contributed by atoms with Crippen molar-refractivity contribution >= 4 is 5.91 Å². The Kier molecular flexibility index (Phi) is 4.18. The van der Waals surface area contributed by atoms with Crippen LogP contribution in [0.3, 0.4) is 0 Å². The molecule has 0 aliphatic heterocycles. The Morgan fingerprint density at radius 2 is 2.06 bits per heavy atom. The van der Waals surface area contributed by atoms with Crippen molar-refractivity contribution in [1.82, 2.24) is 4.90 Å². The second-order valence-corrected chi connectivity index (χ2v) is 6.09. The van der Waals surface area contributed by atoms with Gasteiger partial charge in [0.2, 0.25) is 5.91 Å². The van der Waals surface area contributed by atoms with Crippen LogP contribution in [0.2, 0.25) is 0 Å². The summed E-state index contributed by atoms with van der Waals surface area (Å²) >= 11 is 0. The summed E-state index contributed by atoms with van der Waals surface area (Å²) in [5.74, 6) is 0.788. The number of hydrogen-bond acceptors (Lipinski definition) is 1. The largest absolute Gasteiger partial charge is 0.316 e. The molecule has 0 fully saturated rings. The predicted octanol–water partition coefficient (Wildman–Crippen LogP) is 3.75. The summed E-state index contributed by atoms with van der Waals surface area (Å²) in [6.07, 6.45) is 5.60. The maximum Gasteiger partial charge on any atom is 0.223 e. The number of rotatable bonds is 2. The molecule has 0 saturated heterocycles. The van der Waals surface area contributed by atoms with Crippen LogP contribution in [0, 0.1) is 11.3 Å². The quantitative estimate of drug-likeness (QED) is 0.714. The minimum absolute atomic E-state index is 0.0499. The van der Waals surface area contributed by atoms with Gasteiger partial charge in [-0.3, -0.25) is 4.79 Å². The van der Waals surface area contributed by atoms with E-state index >= 15 is 0 Å². The Balaban J connectivity index is 2.69. The van der Waals surface area contributed by atoms with Gasteiger partial charge in [-0.25, -0.2) is 0 Å². The first kappa shape index (κ1) is 14.0. The Labute approximate surface area is 105 Å². The van der Waals surface area contributed by atoms with E-state index in [4.69, 9.17) is 0 Å². The van der Waals surface area contributed by atoms with Gasteiger partial charge in [-0.15, -0.1) is 0 Å². The minimum Gasteiger partial charge on any atom is -0.316 e. The van der Waals surface area contributed by atoms with E-state index in [1.165, 1.54) is 12.0 Å². The number of hydrogen-bond donors (Lipinski definition) is 0. The molecule has 1 rings (SSSR count). The summed E-state index contributed by atoms with van der Waals surface area (Å²) < 4.78 is 0. The van der Waals surface area contributed by atoms with Gasteiger partial charge < -0.3 is 4.90 Å². The van der Waals surface area contributed by atoms with Crippen LogP contribution in [0.25, 0.3) is 0 Å². The van der Waals surface area contributed by atoms with Crippen molar-refractivity contribution in [3.8, 4) is 0 Å². The fourth-order valence-corrected chi connectivity index (χ4v) is 2.29. The summed E-state index contributed by atoms with van der Waals surface area (Å²) in [5.41, 5.74) is 2.48. The minimum atomic E-state index is 0.0499. The number of carbonyl (C=O) groups excluding carboxylic acids is 1. The zero-order chi connectivity index (χ0) is 13.2. The molecule has 0 aromatic rings. The molecular weight excluding hydrogens is 210 g/mol. The molecule has 1 aliphatic rings. The highest BCUT2D eigenvalue weighted by Gasteiger charge is 2.27. The molecule has 0 N–H and O–H groups in total. The number of allylic oxidation sites excluding steroid dienone is 2. The van der Waals surface area contributed by atoms with Gasteiger partial charge in [0, 0.05) is 19.7 Å². The molecule has 1 amide bonds. The average molecular weight is 235 g/mol. The van der Waals surface area contributed by atoms with Crippen molar-refractivity contribution in [3.63, 3.8) is 0 Å². The van der Waals surface area contributed by atoms with E-state index in [0.717, 1.165) is 24.5 Å². The van der Waals surface area contributed by atoms with Gasteiger partial charge in [0.05, 0.1) is 0 Å². The van der Waals surface area contributed by atoms with E-state index in [-0.39, 0.29) is 5.91 Å². The molecular formula is C15H25NO. The first-order valence-corrected chi connectivity index (χ1v) is 6.36. The van der Waals surface area contributed by atoms with Gasteiger partial charge in [-0.1, -0.05) is 33.4 Å². The van der Waals surface area contributed by atoms with Gasteiger partial charge in [-0.2, -0.15) is 0 Å². The van der Waals surface area contributed by atoms with Crippen molar-refractivity contribution in [2.24, 2.45) is 11.3 Å². The Morgan fingerprint density at radius 3 is 2.41 bits per heavy atom. The first-order valence-electron chi connectivity index (χ1n) is 6.36. The average Bonchev–Trinajstić information content (AvgIpc) is 2.26. The molecule has 1 aliphatic carbocycles. The Morgan fingerprint density at radius 1 is 1.47 bits per heavy atom. The molecule has 0 spiro atoms. The van der Waals surface area contributed by atoms with Crippen molar-refractivity contribution in [3.05, 3.63) is 23.9 Å². The van der Waals surface area contributed by atoms with Gasteiger partial charge in [0.1, 0.15) is 0 Å². The monoisotopic (exact) mass is 235 g/mol. The normalized spacial score (nSPS) is 20.8. The van der Waals surface area contributed by atoms with Gasteiger partial charge >= 0.3 is 0 Å².